The molecule has 0 aromatic rings. The first-order valence-corrected chi connectivity index (χ1v) is 2.89. The number of nitrogens with two attached hydrogens (primary N) is 1. The first-order valence-electron chi connectivity index (χ1n) is 2.89. The van der Waals surface area contributed by atoms with Crippen molar-refractivity contribution in [3.8, 4) is 0 Å². The Kier molecular flexibility index (Phi) is 3.71. The van der Waals surface area contributed by atoms with Crippen LogP contribution in [0.2, 0.25) is 0 Å². The fraction of sp³-hybridized carbons (Fsp3) is 0.500. The molecule has 0 aliphatic carbocycles. The van der Waals surface area contributed by atoms with Gasteiger partial charge in [-0.2, -0.15) is 5.10 Å². The fourth-order valence-corrected chi connectivity index (χ4v) is 0.485. The van der Waals surface area contributed by atoms with Crippen LogP contribution in [-0.4, -0.2) is 17.9 Å². The van der Waals surface area contributed by atoms with Crippen molar-refractivity contribution in [1.29, 1.82) is 0 Å². The number of hydrogen-bond donors (Lipinski definition) is 1. The normalized spacial score (nSPS) is 12.2. The Morgan fingerprint density at radius 3 is 2.56 bits per heavy atom. The molecule has 0 spiro atoms. The summed E-state index contributed by atoms with van der Waals surface area (Å²) in [5.74, 6) is 0. The van der Waals surface area contributed by atoms with Crippen molar-refractivity contribution >= 4 is 6.72 Å². The summed E-state index contributed by atoms with van der Waals surface area (Å²) in [6.07, 6.45) is 2.31. The highest BCUT2D eigenvalue weighted by molar-refractivity contribution is 5.22. The maximum absolute atomic E-state index is 5.56. The Labute approximate surface area is 55.8 Å². The van der Waals surface area contributed by atoms with Gasteiger partial charge in [0.15, 0.2) is 0 Å². The molecule has 0 bridgehead atoms. The minimum atomic E-state index is -0.0833. The van der Waals surface area contributed by atoms with Gasteiger partial charge in [-0.3, -0.25) is 5.01 Å². The third-order valence-electron chi connectivity index (χ3n) is 1.11. The van der Waals surface area contributed by atoms with E-state index >= 15 is 0 Å². The van der Waals surface area contributed by atoms with Gasteiger partial charge in [-0.15, -0.1) is 0 Å². The quantitative estimate of drug-likeness (QED) is 0.344. The second kappa shape index (κ2) is 4.09. The average Bonchev–Trinajstić information content (AvgIpc) is 1.90. The van der Waals surface area contributed by atoms with E-state index in [0.717, 1.165) is 6.42 Å². The lowest BCUT2D eigenvalue weighted by molar-refractivity contribution is 0.291. The summed E-state index contributed by atoms with van der Waals surface area (Å²) in [7, 11) is 0. The van der Waals surface area contributed by atoms with Gasteiger partial charge in [0, 0.05) is 12.9 Å². The highest BCUT2D eigenvalue weighted by Gasteiger charge is 2.02. The third kappa shape index (κ3) is 2.28. The van der Waals surface area contributed by atoms with Crippen LogP contribution in [0.15, 0.2) is 17.9 Å². The van der Waals surface area contributed by atoms with Crippen molar-refractivity contribution in [1.82, 2.24) is 5.01 Å². The van der Waals surface area contributed by atoms with Crippen molar-refractivity contribution in [2.45, 2.75) is 19.5 Å². The van der Waals surface area contributed by atoms with Crippen LogP contribution >= 0.6 is 0 Å². The van der Waals surface area contributed by atoms with Crippen LogP contribution in [-0.2, 0) is 0 Å². The molecule has 3 heteroatoms. The zero-order valence-corrected chi connectivity index (χ0v) is 5.75. The Balaban J connectivity index is 3.77. The van der Waals surface area contributed by atoms with E-state index in [4.69, 9.17) is 5.73 Å². The number of rotatable bonds is 4. The van der Waals surface area contributed by atoms with Gasteiger partial charge in [0.25, 0.3) is 0 Å². The number of hydrogen-bond acceptors (Lipinski definition) is 3. The van der Waals surface area contributed by atoms with E-state index < -0.39 is 0 Å². The molecule has 0 radical (unpaired) electrons. The second-order valence-electron chi connectivity index (χ2n) is 1.68. The van der Waals surface area contributed by atoms with Gasteiger partial charge in [-0.25, -0.2) is 0 Å². The SMILES string of the molecule is C=CN(N=C)C(N)CC. The van der Waals surface area contributed by atoms with Crippen LogP contribution in [0, 0.1) is 0 Å². The molecule has 3 nitrogen and oxygen atoms in total. The Morgan fingerprint density at radius 2 is 2.44 bits per heavy atom. The summed E-state index contributed by atoms with van der Waals surface area (Å²) in [6.45, 7) is 8.82. The van der Waals surface area contributed by atoms with E-state index in [0.29, 0.717) is 0 Å². The molecule has 1 atom stereocenters. The van der Waals surface area contributed by atoms with Crippen molar-refractivity contribution < 1.29 is 0 Å². The van der Waals surface area contributed by atoms with Gasteiger partial charge in [-0.1, -0.05) is 13.5 Å². The second-order valence-corrected chi connectivity index (χ2v) is 1.68. The van der Waals surface area contributed by atoms with Crippen LogP contribution in [0.25, 0.3) is 0 Å². The van der Waals surface area contributed by atoms with Gasteiger partial charge in [0.1, 0.15) is 0 Å². The maximum atomic E-state index is 5.56. The first-order chi connectivity index (χ1) is 4.26. The molecule has 0 rings (SSSR count). The van der Waals surface area contributed by atoms with Gasteiger partial charge in [0.05, 0.1) is 6.17 Å². The molecule has 0 saturated carbocycles. The molecule has 0 aliphatic heterocycles. The van der Waals surface area contributed by atoms with Crippen LogP contribution in [0.3, 0.4) is 0 Å². The Morgan fingerprint density at radius 1 is 1.89 bits per heavy atom. The lowest BCUT2D eigenvalue weighted by Crippen LogP contribution is -2.33. The smallest absolute Gasteiger partial charge is 0.0985 e. The minimum absolute atomic E-state index is 0.0833. The van der Waals surface area contributed by atoms with Crippen molar-refractivity contribution in [3.05, 3.63) is 12.8 Å². The summed E-state index contributed by atoms with van der Waals surface area (Å²) >= 11 is 0. The molecular formula is C6H13N3. The summed E-state index contributed by atoms with van der Waals surface area (Å²) in [5, 5.41) is 5.15. The molecule has 0 amide bonds. The molecule has 52 valence electrons. The lowest BCUT2D eigenvalue weighted by Gasteiger charge is -2.19. The largest absolute Gasteiger partial charge is 0.310 e. The van der Waals surface area contributed by atoms with Gasteiger partial charge in [-0.05, 0) is 6.42 Å². The van der Waals surface area contributed by atoms with E-state index in [1.807, 2.05) is 6.92 Å². The molecule has 0 aliphatic rings. The van der Waals surface area contributed by atoms with Crippen LogP contribution in [0.5, 0.6) is 0 Å². The zero-order chi connectivity index (χ0) is 7.28. The molecule has 0 fully saturated rings. The highest BCUT2D eigenvalue weighted by Crippen LogP contribution is 1.96. The topological polar surface area (TPSA) is 41.6 Å². The Hall–Kier alpha value is -0.830. The van der Waals surface area contributed by atoms with E-state index in [1.54, 1.807) is 6.20 Å². The molecule has 0 saturated heterocycles. The molecule has 0 aromatic carbocycles. The molecule has 0 heterocycles. The summed E-state index contributed by atoms with van der Waals surface area (Å²) in [4.78, 5) is 0. The van der Waals surface area contributed by atoms with Crippen molar-refractivity contribution in [2.24, 2.45) is 10.8 Å². The van der Waals surface area contributed by atoms with E-state index in [1.165, 1.54) is 5.01 Å². The summed E-state index contributed by atoms with van der Waals surface area (Å²) < 4.78 is 0. The van der Waals surface area contributed by atoms with E-state index in [-0.39, 0.29) is 6.17 Å². The lowest BCUT2D eigenvalue weighted by atomic mass is 10.4. The predicted octanol–water partition coefficient (Wildman–Crippen LogP) is 0.742. The average molecular weight is 127 g/mol. The van der Waals surface area contributed by atoms with Gasteiger partial charge < -0.3 is 5.73 Å². The predicted molar refractivity (Wildman–Crippen MR) is 39.9 cm³/mol. The maximum Gasteiger partial charge on any atom is 0.0985 e. The molecule has 9 heavy (non-hydrogen) atoms. The molecule has 0 aromatic heterocycles. The van der Waals surface area contributed by atoms with Crippen LogP contribution in [0.4, 0.5) is 0 Å². The zero-order valence-electron chi connectivity index (χ0n) is 5.75. The minimum Gasteiger partial charge on any atom is -0.310 e. The van der Waals surface area contributed by atoms with Crippen LogP contribution in [0.1, 0.15) is 13.3 Å². The Bertz CT molecular complexity index is 92.5. The molecular weight excluding hydrogens is 114 g/mol. The van der Waals surface area contributed by atoms with Gasteiger partial charge >= 0.3 is 0 Å². The first kappa shape index (κ1) is 8.17. The number of hydrazone groups is 1. The van der Waals surface area contributed by atoms with Crippen molar-refractivity contribution in [2.75, 3.05) is 0 Å². The highest BCUT2D eigenvalue weighted by atomic mass is 15.5. The summed E-state index contributed by atoms with van der Waals surface area (Å²) in [5.41, 5.74) is 5.56. The standard InChI is InChI=1S/C6H13N3/c1-4-6(7)9(5-2)8-3/h5-6H,2-4,7H2,1H3. The van der Waals surface area contributed by atoms with Gasteiger partial charge in [0.2, 0.25) is 0 Å². The van der Waals surface area contributed by atoms with E-state index in [9.17, 15) is 0 Å². The fourth-order valence-electron chi connectivity index (χ4n) is 0.485. The number of nitrogens with zero attached hydrogens (tertiary/aromatic N) is 2. The van der Waals surface area contributed by atoms with E-state index in [2.05, 4.69) is 18.4 Å². The monoisotopic (exact) mass is 127 g/mol. The van der Waals surface area contributed by atoms with Crippen molar-refractivity contribution in [3.63, 3.8) is 0 Å². The molecule has 2 N–H and O–H groups in total. The van der Waals surface area contributed by atoms with Crippen LogP contribution < -0.4 is 5.73 Å². The third-order valence-corrected chi connectivity index (χ3v) is 1.11. The molecule has 1 unspecified atom stereocenters. The summed E-state index contributed by atoms with van der Waals surface area (Å²) in [6, 6.07) is 0.